The molecular formula is C13H20BrNO2. The molecule has 3 nitrogen and oxygen atoms in total. The second kappa shape index (κ2) is 8.50. The highest BCUT2D eigenvalue weighted by molar-refractivity contribution is 9.10. The van der Waals surface area contributed by atoms with Gasteiger partial charge in [-0.2, -0.15) is 0 Å². The topological polar surface area (TPSA) is 41.5 Å². The van der Waals surface area contributed by atoms with Gasteiger partial charge in [0.25, 0.3) is 0 Å². The molecule has 0 atom stereocenters. The molecule has 0 aliphatic rings. The molecule has 4 heteroatoms. The van der Waals surface area contributed by atoms with E-state index in [0.717, 1.165) is 41.7 Å². The van der Waals surface area contributed by atoms with Gasteiger partial charge in [-0.15, -0.1) is 0 Å². The maximum atomic E-state index is 8.68. The lowest BCUT2D eigenvalue weighted by Gasteiger charge is -2.11. The molecule has 2 N–H and O–H groups in total. The zero-order valence-corrected chi connectivity index (χ0v) is 11.8. The van der Waals surface area contributed by atoms with E-state index in [2.05, 4.69) is 27.3 Å². The van der Waals surface area contributed by atoms with Crippen LogP contribution < -0.4 is 10.1 Å². The van der Waals surface area contributed by atoms with E-state index < -0.39 is 0 Å². The molecule has 0 aliphatic carbocycles. The molecule has 0 fully saturated rings. The fourth-order valence-corrected chi connectivity index (χ4v) is 1.98. The Bertz CT molecular complexity index is 331. The fourth-order valence-electron chi connectivity index (χ4n) is 1.57. The van der Waals surface area contributed by atoms with Crippen LogP contribution in [-0.4, -0.2) is 24.9 Å². The summed E-state index contributed by atoms with van der Waals surface area (Å²) in [6, 6.07) is 6.04. The summed E-state index contributed by atoms with van der Waals surface area (Å²) in [7, 11) is 0. The van der Waals surface area contributed by atoms with Crippen molar-refractivity contribution in [2.24, 2.45) is 0 Å². The maximum absolute atomic E-state index is 8.68. The predicted octanol–water partition coefficient (Wildman–Crippen LogP) is 2.71. The van der Waals surface area contributed by atoms with Gasteiger partial charge < -0.3 is 15.2 Å². The summed E-state index contributed by atoms with van der Waals surface area (Å²) in [5.74, 6) is 0.936. The van der Waals surface area contributed by atoms with Crippen LogP contribution in [-0.2, 0) is 6.54 Å². The zero-order chi connectivity index (χ0) is 12.5. The number of benzene rings is 1. The van der Waals surface area contributed by atoms with Gasteiger partial charge in [-0.05, 0) is 44.5 Å². The summed E-state index contributed by atoms with van der Waals surface area (Å²) in [6.45, 7) is 4.64. The van der Waals surface area contributed by atoms with E-state index in [0.29, 0.717) is 6.61 Å². The molecule has 1 aromatic rings. The minimum absolute atomic E-state index is 0.267. The van der Waals surface area contributed by atoms with Gasteiger partial charge in [-0.25, -0.2) is 0 Å². The highest BCUT2D eigenvalue weighted by atomic mass is 79.9. The number of nitrogens with one attached hydrogen (secondary N) is 1. The number of hydrogen-bond donors (Lipinski definition) is 2. The molecule has 17 heavy (non-hydrogen) atoms. The number of rotatable bonds is 8. The molecule has 0 unspecified atom stereocenters. The Morgan fingerprint density at radius 3 is 2.88 bits per heavy atom. The molecule has 0 spiro atoms. The van der Waals surface area contributed by atoms with Gasteiger partial charge in [0.2, 0.25) is 0 Å². The lowest BCUT2D eigenvalue weighted by molar-refractivity contribution is 0.283. The normalized spacial score (nSPS) is 10.5. The van der Waals surface area contributed by atoms with Gasteiger partial charge in [0.15, 0.2) is 0 Å². The third kappa shape index (κ3) is 5.52. The van der Waals surface area contributed by atoms with Gasteiger partial charge in [0.1, 0.15) is 5.75 Å². The summed E-state index contributed by atoms with van der Waals surface area (Å²) in [6.07, 6.45) is 1.85. The molecule has 1 rings (SSSR count). The van der Waals surface area contributed by atoms with Gasteiger partial charge in [-0.3, -0.25) is 0 Å². The first-order chi connectivity index (χ1) is 8.27. The molecule has 96 valence electrons. The summed E-state index contributed by atoms with van der Waals surface area (Å²) in [4.78, 5) is 0. The fraction of sp³-hybridized carbons (Fsp3) is 0.538. The summed E-state index contributed by atoms with van der Waals surface area (Å²) >= 11 is 3.46. The largest absolute Gasteiger partial charge is 0.494 e. The lowest BCUT2D eigenvalue weighted by Crippen LogP contribution is -2.15. The molecular weight excluding hydrogens is 282 g/mol. The van der Waals surface area contributed by atoms with Crippen molar-refractivity contribution in [3.05, 3.63) is 28.2 Å². The van der Waals surface area contributed by atoms with Crippen LogP contribution in [0.25, 0.3) is 0 Å². The number of halogens is 1. The van der Waals surface area contributed by atoms with E-state index in [1.165, 1.54) is 0 Å². The minimum Gasteiger partial charge on any atom is -0.494 e. The lowest BCUT2D eigenvalue weighted by atomic mass is 10.2. The second-order valence-corrected chi connectivity index (χ2v) is 4.71. The van der Waals surface area contributed by atoms with Crippen LogP contribution in [0.2, 0.25) is 0 Å². The maximum Gasteiger partial charge on any atom is 0.123 e. The Morgan fingerprint density at radius 2 is 2.18 bits per heavy atom. The highest BCUT2D eigenvalue weighted by Crippen LogP contribution is 2.23. The molecule has 0 aromatic heterocycles. The summed E-state index contributed by atoms with van der Waals surface area (Å²) in [5.41, 5.74) is 1.16. The van der Waals surface area contributed by atoms with Crippen LogP contribution in [0.3, 0.4) is 0 Å². The van der Waals surface area contributed by atoms with E-state index in [9.17, 15) is 0 Å². The van der Waals surface area contributed by atoms with Gasteiger partial charge >= 0.3 is 0 Å². The standard InChI is InChI=1S/C13H20BrNO2/c1-2-17-13-6-5-12(14)9-11(13)10-15-7-3-4-8-16/h5-6,9,15-16H,2-4,7-8,10H2,1H3. The van der Waals surface area contributed by atoms with Crippen LogP contribution in [0.15, 0.2) is 22.7 Å². The quantitative estimate of drug-likeness (QED) is 0.726. The Hall–Kier alpha value is -0.580. The molecule has 0 aliphatic heterocycles. The van der Waals surface area contributed by atoms with E-state index in [-0.39, 0.29) is 6.61 Å². The van der Waals surface area contributed by atoms with Crippen LogP contribution >= 0.6 is 15.9 Å². The summed E-state index contributed by atoms with van der Waals surface area (Å²) in [5, 5.41) is 12.0. The van der Waals surface area contributed by atoms with Crippen molar-refractivity contribution in [2.75, 3.05) is 19.8 Å². The van der Waals surface area contributed by atoms with Crippen molar-refractivity contribution in [3.63, 3.8) is 0 Å². The highest BCUT2D eigenvalue weighted by Gasteiger charge is 2.03. The Balaban J connectivity index is 2.47. The van der Waals surface area contributed by atoms with Crippen molar-refractivity contribution in [1.29, 1.82) is 0 Å². The Labute approximate surface area is 111 Å². The second-order valence-electron chi connectivity index (χ2n) is 3.79. The van der Waals surface area contributed by atoms with Crippen molar-refractivity contribution in [2.45, 2.75) is 26.3 Å². The van der Waals surface area contributed by atoms with Crippen molar-refractivity contribution < 1.29 is 9.84 Å². The van der Waals surface area contributed by atoms with E-state index in [4.69, 9.17) is 9.84 Å². The average Bonchev–Trinajstić information content (AvgIpc) is 2.32. The number of aliphatic hydroxyl groups is 1. The molecule has 0 saturated carbocycles. The number of ether oxygens (including phenoxy) is 1. The molecule has 0 saturated heterocycles. The first-order valence-corrected chi connectivity index (χ1v) is 6.80. The molecule has 0 radical (unpaired) electrons. The smallest absolute Gasteiger partial charge is 0.123 e. The van der Waals surface area contributed by atoms with Crippen molar-refractivity contribution >= 4 is 15.9 Å². The Kier molecular flexibility index (Phi) is 7.24. The van der Waals surface area contributed by atoms with Crippen LogP contribution in [0.1, 0.15) is 25.3 Å². The first kappa shape index (κ1) is 14.5. The third-order valence-electron chi connectivity index (χ3n) is 2.40. The monoisotopic (exact) mass is 301 g/mol. The predicted molar refractivity (Wildman–Crippen MR) is 73.3 cm³/mol. The van der Waals surface area contributed by atoms with E-state index in [1.807, 2.05) is 19.1 Å². The van der Waals surface area contributed by atoms with E-state index >= 15 is 0 Å². The first-order valence-electron chi connectivity index (χ1n) is 6.00. The summed E-state index contributed by atoms with van der Waals surface area (Å²) < 4.78 is 6.63. The van der Waals surface area contributed by atoms with Crippen LogP contribution in [0, 0.1) is 0 Å². The minimum atomic E-state index is 0.267. The van der Waals surface area contributed by atoms with Gasteiger partial charge in [-0.1, -0.05) is 15.9 Å². The molecule has 0 heterocycles. The van der Waals surface area contributed by atoms with Gasteiger partial charge in [0.05, 0.1) is 6.61 Å². The van der Waals surface area contributed by atoms with E-state index in [1.54, 1.807) is 0 Å². The number of aliphatic hydroxyl groups excluding tert-OH is 1. The Morgan fingerprint density at radius 1 is 1.35 bits per heavy atom. The van der Waals surface area contributed by atoms with Crippen molar-refractivity contribution in [3.8, 4) is 5.75 Å². The molecule has 0 bridgehead atoms. The SMILES string of the molecule is CCOc1ccc(Br)cc1CNCCCCO. The van der Waals surface area contributed by atoms with Crippen LogP contribution in [0.4, 0.5) is 0 Å². The third-order valence-corrected chi connectivity index (χ3v) is 2.89. The van der Waals surface area contributed by atoms with Crippen molar-refractivity contribution in [1.82, 2.24) is 5.32 Å². The number of unbranched alkanes of at least 4 members (excludes halogenated alkanes) is 1. The zero-order valence-electron chi connectivity index (χ0n) is 10.2. The molecule has 1 aromatic carbocycles. The van der Waals surface area contributed by atoms with Gasteiger partial charge in [0, 0.05) is 23.2 Å². The number of hydrogen-bond acceptors (Lipinski definition) is 3. The average molecular weight is 302 g/mol. The van der Waals surface area contributed by atoms with Crippen LogP contribution in [0.5, 0.6) is 5.75 Å². The molecule has 0 amide bonds.